The van der Waals surface area contributed by atoms with Gasteiger partial charge in [0.05, 0.1) is 20.9 Å². The van der Waals surface area contributed by atoms with Gasteiger partial charge in [-0.25, -0.2) is 4.98 Å². The van der Waals surface area contributed by atoms with Gasteiger partial charge in [-0.3, -0.25) is 14.9 Å². The topological polar surface area (TPSA) is 76.0 Å². The number of aromatic nitrogens is 2. The van der Waals surface area contributed by atoms with Crippen LogP contribution in [0.25, 0.3) is 11.0 Å². The van der Waals surface area contributed by atoms with Gasteiger partial charge in [-0.1, -0.05) is 12.1 Å². The minimum absolute atomic E-state index is 0.0431. The average Bonchev–Trinajstić information content (AvgIpc) is 3.26. The number of rotatable bonds is 5. The molecule has 4 rings (SSSR count). The highest BCUT2D eigenvalue weighted by atomic mass is 32.1. The molecular formula is C18H18N4O2S. The molecular weight excluding hydrogens is 336 g/mol. The molecule has 1 aliphatic carbocycles. The van der Waals surface area contributed by atoms with Crippen LogP contribution in [0.15, 0.2) is 36.4 Å². The van der Waals surface area contributed by atoms with E-state index in [4.69, 9.17) is 0 Å². The Labute approximate surface area is 148 Å². The number of anilines is 2. The predicted octanol–water partition coefficient (Wildman–Crippen LogP) is 3.72. The summed E-state index contributed by atoms with van der Waals surface area (Å²) in [5.41, 5.74) is 1.84. The monoisotopic (exact) mass is 354 g/mol. The summed E-state index contributed by atoms with van der Waals surface area (Å²) in [6.45, 7) is 2.73. The Balaban J connectivity index is 1.52. The summed E-state index contributed by atoms with van der Waals surface area (Å²) in [4.78, 5) is 29.4. The second kappa shape index (κ2) is 6.33. The van der Waals surface area contributed by atoms with Gasteiger partial charge in [0, 0.05) is 12.5 Å². The molecule has 0 radical (unpaired) electrons. The number of carbonyl (C=O) groups excluding carboxylic acids is 2. The number of amides is 2. The lowest BCUT2D eigenvalue weighted by Crippen LogP contribution is -2.14. The third kappa shape index (κ3) is 3.15. The molecule has 128 valence electrons. The molecule has 1 saturated carbocycles. The average molecular weight is 354 g/mol. The lowest BCUT2D eigenvalue weighted by atomic mass is 10.3. The summed E-state index contributed by atoms with van der Waals surface area (Å²) in [7, 11) is 0. The second-order valence-electron chi connectivity index (χ2n) is 6.05. The lowest BCUT2D eigenvalue weighted by Gasteiger charge is -2.06. The fourth-order valence-corrected chi connectivity index (χ4v) is 3.55. The van der Waals surface area contributed by atoms with E-state index in [0.717, 1.165) is 23.9 Å². The Morgan fingerprint density at radius 3 is 2.76 bits per heavy atom. The Morgan fingerprint density at radius 1 is 1.20 bits per heavy atom. The first kappa shape index (κ1) is 15.8. The molecule has 0 aliphatic heterocycles. The number of imidazole rings is 1. The molecule has 0 spiro atoms. The van der Waals surface area contributed by atoms with E-state index in [0.29, 0.717) is 22.4 Å². The van der Waals surface area contributed by atoms with Gasteiger partial charge in [-0.2, -0.15) is 0 Å². The minimum Gasteiger partial charge on any atom is -0.317 e. The maximum absolute atomic E-state index is 12.5. The largest absolute Gasteiger partial charge is 0.317 e. The zero-order valence-corrected chi connectivity index (χ0v) is 14.6. The second-order valence-corrected chi connectivity index (χ2v) is 7.13. The molecule has 0 saturated heterocycles. The number of fused-ring (bicyclic) bond motifs is 1. The van der Waals surface area contributed by atoms with E-state index < -0.39 is 0 Å². The maximum Gasteiger partial charge on any atom is 0.268 e. The molecule has 2 heterocycles. The molecule has 1 fully saturated rings. The number of hydrogen-bond donors (Lipinski definition) is 2. The van der Waals surface area contributed by atoms with Gasteiger partial charge in [0.1, 0.15) is 0 Å². The van der Waals surface area contributed by atoms with Crippen LogP contribution < -0.4 is 10.6 Å². The summed E-state index contributed by atoms with van der Waals surface area (Å²) in [5, 5.41) is 6.45. The molecule has 1 aliphatic rings. The molecule has 6 nitrogen and oxygen atoms in total. The van der Waals surface area contributed by atoms with Crippen LogP contribution >= 0.6 is 11.3 Å². The molecule has 0 bridgehead atoms. The number of aryl methyl sites for hydroxylation is 1. The van der Waals surface area contributed by atoms with E-state index in [9.17, 15) is 9.59 Å². The zero-order valence-electron chi connectivity index (χ0n) is 13.8. The first-order valence-electron chi connectivity index (χ1n) is 8.33. The van der Waals surface area contributed by atoms with Gasteiger partial charge >= 0.3 is 0 Å². The summed E-state index contributed by atoms with van der Waals surface area (Å²) in [6.07, 6.45) is 1.91. The van der Waals surface area contributed by atoms with Crippen LogP contribution in [0, 0.1) is 5.92 Å². The Morgan fingerprint density at radius 2 is 2.00 bits per heavy atom. The van der Waals surface area contributed by atoms with Crippen molar-refractivity contribution in [2.45, 2.75) is 26.3 Å². The molecule has 1 aromatic carbocycles. The van der Waals surface area contributed by atoms with Gasteiger partial charge < -0.3 is 9.88 Å². The van der Waals surface area contributed by atoms with Crippen LogP contribution in [0.4, 0.5) is 10.9 Å². The van der Waals surface area contributed by atoms with Crippen molar-refractivity contribution in [2.24, 2.45) is 5.92 Å². The first-order chi connectivity index (χ1) is 12.2. The summed E-state index contributed by atoms with van der Waals surface area (Å²) < 4.78 is 1.97. The fraction of sp³-hybridized carbons (Fsp3) is 0.278. The van der Waals surface area contributed by atoms with Crippen molar-refractivity contribution in [2.75, 3.05) is 10.6 Å². The third-order valence-electron chi connectivity index (χ3n) is 4.22. The smallest absolute Gasteiger partial charge is 0.268 e. The number of para-hydroxylation sites is 2. The van der Waals surface area contributed by atoms with Crippen LogP contribution in [0.2, 0.25) is 0 Å². The van der Waals surface area contributed by atoms with Crippen molar-refractivity contribution in [3.63, 3.8) is 0 Å². The van der Waals surface area contributed by atoms with E-state index in [1.807, 2.05) is 35.8 Å². The van der Waals surface area contributed by atoms with Crippen LogP contribution in [0.1, 0.15) is 29.4 Å². The van der Waals surface area contributed by atoms with Crippen molar-refractivity contribution < 1.29 is 9.59 Å². The zero-order chi connectivity index (χ0) is 17.4. The Bertz CT molecular complexity index is 955. The molecule has 2 amide bonds. The highest BCUT2D eigenvalue weighted by Crippen LogP contribution is 2.31. The van der Waals surface area contributed by atoms with Gasteiger partial charge in [-0.05, 0) is 44.0 Å². The molecule has 7 heteroatoms. The van der Waals surface area contributed by atoms with Crippen LogP contribution in [-0.2, 0) is 11.3 Å². The third-order valence-corrected chi connectivity index (χ3v) is 5.22. The number of hydrogen-bond acceptors (Lipinski definition) is 4. The standard InChI is InChI=1S/C18H18N4O2S/c1-2-22-13-6-4-3-5-12(13)19-18(22)21-17(24)14-9-10-15(25-14)20-16(23)11-7-8-11/h3-6,9-11H,2,7-8H2,1H3,(H,20,23)(H,19,21,24). The molecule has 0 unspecified atom stereocenters. The molecule has 2 N–H and O–H groups in total. The van der Waals surface area contributed by atoms with Crippen LogP contribution in [-0.4, -0.2) is 21.4 Å². The number of nitrogens with zero attached hydrogens (tertiary/aromatic N) is 2. The van der Waals surface area contributed by atoms with E-state index in [2.05, 4.69) is 15.6 Å². The van der Waals surface area contributed by atoms with Crippen molar-refractivity contribution in [3.8, 4) is 0 Å². The first-order valence-corrected chi connectivity index (χ1v) is 9.14. The van der Waals surface area contributed by atoms with Crippen molar-refractivity contribution in [1.82, 2.24) is 9.55 Å². The fourth-order valence-electron chi connectivity index (χ4n) is 2.75. The van der Waals surface area contributed by atoms with Crippen LogP contribution in [0.3, 0.4) is 0 Å². The number of thiophene rings is 1. The van der Waals surface area contributed by atoms with Crippen molar-refractivity contribution in [3.05, 3.63) is 41.3 Å². The van der Waals surface area contributed by atoms with Crippen molar-refractivity contribution >= 4 is 45.1 Å². The van der Waals surface area contributed by atoms with Crippen molar-refractivity contribution in [1.29, 1.82) is 0 Å². The predicted molar refractivity (Wildman–Crippen MR) is 99.0 cm³/mol. The normalized spacial score (nSPS) is 13.8. The highest BCUT2D eigenvalue weighted by Gasteiger charge is 2.30. The van der Waals surface area contributed by atoms with E-state index in [1.165, 1.54) is 11.3 Å². The molecule has 0 atom stereocenters. The van der Waals surface area contributed by atoms with Gasteiger partial charge in [0.2, 0.25) is 11.9 Å². The summed E-state index contributed by atoms with van der Waals surface area (Å²) >= 11 is 1.27. The van der Waals surface area contributed by atoms with Gasteiger partial charge in [0.15, 0.2) is 0 Å². The number of benzene rings is 1. The molecule has 2 aromatic heterocycles. The Hall–Kier alpha value is -2.67. The number of nitrogens with one attached hydrogen (secondary N) is 2. The Kier molecular flexibility index (Phi) is 4.01. The molecule has 3 aromatic rings. The lowest BCUT2D eigenvalue weighted by molar-refractivity contribution is -0.117. The maximum atomic E-state index is 12.5. The summed E-state index contributed by atoms with van der Waals surface area (Å²) in [5.74, 6) is 0.498. The van der Waals surface area contributed by atoms with E-state index >= 15 is 0 Å². The van der Waals surface area contributed by atoms with E-state index in [-0.39, 0.29) is 17.7 Å². The van der Waals surface area contributed by atoms with Crippen LogP contribution in [0.5, 0.6) is 0 Å². The highest BCUT2D eigenvalue weighted by molar-refractivity contribution is 7.18. The number of carbonyl (C=O) groups is 2. The molecule has 25 heavy (non-hydrogen) atoms. The van der Waals surface area contributed by atoms with Gasteiger partial charge in [0.25, 0.3) is 5.91 Å². The minimum atomic E-state index is -0.220. The summed E-state index contributed by atoms with van der Waals surface area (Å²) in [6, 6.07) is 11.3. The van der Waals surface area contributed by atoms with E-state index in [1.54, 1.807) is 12.1 Å². The SMILES string of the molecule is CCn1c(NC(=O)c2ccc(NC(=O)C3CC3)s2)nc2ccccc21. The van der Waals surface area contributed by atoms with Gasteiger partial charge in [-0.15, -0.1) is 11.3 Å². The quantitative estimate of drug-likeness (QED) is 0.733.